The number of hydrogen-bond donors (Lipinski definition) is 3. The zero-order valence-corrected chi connectivity index (χ0v) is 15.8. The van der Waals surface area contributed by atoms with Gasteiger partial charge in [-0.15, -0.1) is 5.10 Å². The summed E-state index contributed by atoms with van der Waals surface area (Å²) in [5.74, 6) is -1.14. The molecular formula is C19H18N4O4S. The number of nitrogens with two attached hydrogens (primary N) is 1. The fourth-order valence-electron chi connectivity index (χ4n) is 2.71. The second-order valence-corrected chi connectivity index (χ2v) is 7.32. The molecular weight excluding hydrogens is 380 g/mol. The molecule has 1 aliphatic heterocycles. The highest BCUT2D eigenvalue weighted by Gasteiger charge is 2.41. The fraction of sp³-hybridized carbons (Fsp3) is 0.158. The van der Waals surface area contributed by atoms with E-state index < -0.39 is 5.25 Å². The summed E-state index contributed by atoms with van der Waals surface area (Å²) < 4.78 is 0. The lowest BCUT2D eigenvalue weighted by Crippen LogP contribution is -2.32. The molecule has 0 bridgehead atoms. The molecule has 9 heteroatoms. The summed E-state index contributed by atoms with van der Waals surface area (Å²) >= 11 is 0.977. The minimum absolute atomic E-state index is 0.0314. The van der Waals surface area contributed by atoms with E-state index in [0.29, 0.717) is 11.3 Å². The highest BCUT2D eigenvalue weighted by atomic mass is 32.2. The number of hydrogen-bond acceptors (Lipinski definition) is 7. The van der Waals surface area contributed by atoms with Crippen molar-refractivity contribution in [3.05, 3.63) is 53.6 Å². The molecule has 144 valence electrons. The van der Waals surface area contributed by atoms with Crippen molar-refractivity contribution >= 4 is 40.6 Å². The quantitative estimate of drug-likeness (QED) is 0.238. The van der Waals surface area contributed by atoms with Gasteiger partial charge in [0.2, 0.25) is 11.8 Å². The number of thioether (sulfide) groups is 1. The summed E-state index contributed by atoms with van der Waals surface area (Å²) in [7, 11) is 0. The minimum Gasteiger partial charge on any atom is -0.504 e. The highest BCUT2D eigenvalue weighted by molar-refractivity contribution is 8.14. The zero-order chi connectivity index (χ0) is 20.3. The molecule has 2 aromatic carbocycles. The van der Waals surface area contributed by atoms with Crippen molar-refractivity contribution in [2.24, 2.45) is 15.9 Å². The molecule has 1 heterocycles. The van der Waals surface area contributed by atoms with E-state index >= 15 is 0 Å². The number of phenols is 2. The maximum absolute atomic E-state index is 12.7. The number of carbonyl (C=O) groups excluding carboxylic acids is 2. The monoisotopic (exact) mass is 398 g/mol. The van der Waals surface area contributed by atoms with Gasteiger partial charge in [0, 0.05) is 6.42 Å². The van der Waals surface area contributed by atoms with Gasteiger partial charge in [-0.2, -0.15) is 5.10 Å². The number of amides is 2. The molecule has 1 fully saturated rings. The first-order valence-electron chi connectivity index (χ1n) is 8.34. The Labute approximate surface area is 165 Å². The summed E-state index contributed by atoms with van der Waals surface area (Å²) in [5.41, 5.74) is 7.73. The Morgan fingerprint density at radius 1 is 1.21 bits per heavy atom. The number of para-hydroxylation sites is 1. The van der Waals surface area contributed by atoms with Crippen LogP contribution in [0.25, 0.3) is 0 Å². The molecule has 1 aliphatic rings. The Balaban J connectivity index is 1.68. The zero-order valence-electron chi connectivity index (χ0n) is 14.9. The average Bonchev–Trinajstić information content (AvgIpc) is 2.92. The molecule has 0 spiro atoms. The van der Waals surface area contributed by atoms with Crippen LogP contribution in [0.2, 0.25) is 0 Å². The maximum atomic E-state index is 12.7. The van der Waals surface area contributed by atoms with Crippen molar-refractivity contribution in [2.45, 2.75) is 18.6 Å². The summed E-state index contributed by atoms with van der Waals surface area (Å²) in [4.78, 5) is 26.2. The maximum Gasteiger partial charge on any atom is 0.247 e. The average molecular weight is 398 g/mol. The lowest BCUT2D eigenvalue weighted by molar-refractivity contribution is -0.121. The van der Waals surface area contributed by atoms with Gasteiger partial charge in [0.15, 0.2) is 16.7 Å². The van der Waals surface area contributed by atoms with Crippen molar-refractivity contribution in [1.29, 1.82) is 0 Å². The van der Waals surface area contributed by atoms with Crippen molar-refractivity contribution in [3.8, 4) is 11.5 Å². The van der Waals surface area contributed by atoms with Crippen LogP contribution in [-0.2, 0) is 9.59 Å². The van der Waals surface area contributed by atoms with Crippen LogP contribution in [0.15, 0.2) is 52.7 Å². The van der Waals surface area contributed by atoms with Crippen LogP contribution in [0.1, 0.15) is 17.5 Å². The third-order valence-electron chi connectivity index (χ3n) is 4.09. The third-order valence-corrected chi connectivity index (χ3v) is 5.06. The first-order valence-corrected chi connectivity index (χ1v) is 9.22. The van der Waals surface area contributed by atoms with E-state index in [1.165, 1.54) is 29.3 Å². The number of benzene rings is 2. The first-order chi connectivity index (χ1) is 13.4. The predicted molar refractivity (Wildman–Crippen MR) is 109 cm³/mol. The van der Waals surface area contributed by atoms with Gasteiger partial charge in [-0.05, 0) is 42.3 Å². The number of phenolic OH excluding ortho intramolecular Hbond substituents is 2. The van der Waals surface area contributed by atoms with E-state index in [1.54, 1.807) is 12.1 Å². The molecule has 28 heavy (non-hydrogen) atoms. The van der Waals surface area contributed by atoms with Crippen LogP contribution in [0, 0.1) is 6.92 Å². The Kier molecular flexibility index (Phi) is 5.65. The predicted octanol–water partition coefficient (Wildman–Crippen LogP) is 2.12. The highest BCUT2D eigenvalue weighted by Crippen LogP contribution is 2.31. The first kappa shape index (κ1) is 19.4. The Hall–Kier alpha value is -3.33. The SMILES string of the molecule is Cc1ccccc1N1C(=O)C[C@H](SC(N)=NN=Cc2ccc(O)c(O)c2)C1=O. The van der Waals surface area contributed by atoms with Gasteiger partial charge >= 0.3 is 0 Å². The van der Waals surface area contributed by atoms with Crippen molar-refractivity contribution < 1.29 is 19.8 Å². The van der Waals surface area contributed by atoms with E-state index in [2.05, 4.69) is 10.2 Å². The smallest absolute Gasteiger partial charge is 0.247 e. The Morgan fingerprint density at radius 2 is 1.96 bits per heavy atom. The molecule has 1 atom stereocenters. The van der Waals surface area contributed by atoms with Crippen LogP contribution in [0.5, 0.6) is 11.5 Å². The minimum atomic E-state index is -0.663. The number of aromatic hydroxyl groups is 2. The number of nitrogens with zero attached hydrogens (tertiary/aromatic N) is 3. The van der Waals surface area contributed by atoms with Crippen LogP contribution in [-0.4, -0.2) is 38.7 Å². The van der Waals surface area contributed by atoms with Crippen LogP contribution >= 0.6 is 11.8 Å². The van der Waals surface area contributed by atoms with Gasteiger partial charge < -0.3 is 15.9 Å². The summed E-state index contributed by atoms with van der Waals surface area (Å²) in [6.45, 7) is 1.84. The van der Waals surface area contributed by atoms with E-state index in [1.807, 2.05) is 19.1 Å². The van der Waals surface area contributed by atoms with Gasteiger partial charge in [-0.3, -0.25) is 9.59 Å². The third kappa shape index (κ3) is 4.15. The van der Waals surface area contributed by atoms with Gasteiger partial charge in [-0.25, -0.2) is 4.90 Å². The molecule has 0 saturated carbocycles. The molecule has 0 unspecified atom stereocenters. The number of aryl methyl sites for hydroxylation is 1. The van der Waals surface area contributed by atoms with E-state index in [9.17, 15) is 19.8 Å². The molecule has 4 N–H and O–H groups in total. The Bertz CT molecular complexity index is 990. The van der Waals surface area contributed by atoms with Crippen LogP contribution in [0.4, 0.5) is 5.69 Å². The Morgan fingerprint density at radius 3 is 2.68 bits per heavy atom. The fourth-order valence-corrected chi connectivity index (χ4v) is 3.52. The number of carbonyl (C=O) groups is 2. The number of anilines is 1. The molecule has 2 aromatic rings. The van der Waals surface area contributed by atoms with E-state index in [4.69, 9.17) is 5.73 Å². The lowest BCUT2D eigenvalue weighted by Gasteiger charge is -2.16. The van der Waals surface area contributed by atoms with Crippen LogP contribution < -0.4 is 10.6 Å². The van der Waals surface area contributed by atoms with Gasteiger partial charge in [-0.1, -0.05) is 30.0 Å². The summed E-state index contributed by atoms with van der Waals surface area (Å²) in [6.07, 6.45) is 1.37. The number of rotatable bonds is 4. The van der Waals surface area contributed by atoms with Gasteiger partial charge in [0.1, 0.15) is 5.25 Å². The van der Waals surface area contributed by atoms with E-state index in [0.717, 1.165) is 17.3 Å². The topological polar surface area (TPSA) is 129 Å². The lowest BCUT2D eigenvalue weighted by atomic mass is 10.2. The molecule has 0 radical (unpaired) electrons. The molecule has 0 aromatic heterocycles. The number of imide groups is 1. The second-order valence-electron chi connectivity index (χ2n) is 6.10. The van der Waals surface area contributed by atoms with Crippen molar-refractivity contribution in [2.75, 3.05) is 4.90 Å². The van der Waals surface area contributed by atoms with Gasteiger partial charge in [0.05, 0.1) is 11.9 Å². The molecule has 0 aliphatic carbocycles. The molecule has 1 saturated heterocycles. The number of amidine groups is 1. The molecule has 3 rings (SSSR count). The summed E-state index contributed by atoms with van der Waals surface area (Å²) in [5, 5.41) is 25.7. The normalized spacial score (nSPS) is 17.7. The van der Waals surface area contributed by atoms with E-state index in [-0.39, 0.29) is 34.9 Å². The van der Waals surface area contributed by atoms with Crippen molar-refractivity contribution in [1.82, 2.24) is 0 Å². The second kappa shape index (κ2) is 8.13. The largest absolute Gasteiger partial charge is 0.504 e. The van der Waals surface area contributed by atoms with Gasteiger partial charge in [0.25, 0.3) is 0 Å². The summed E-state index contributed by atoms with van der Waals surface area (Å²) in [6, 6.07) is 11.4. The standard InChI is InChI=1S/C19H18N4O4S/c1-11-4-2-3-5-13(11)23-17(26)9-16(18(23)27)28-19(20)22-21-10-12-6-7-14(24)15(25)8-12/h2-8,10,16,24-25H,9H2,1H3,(H2,20,22)/t16-/m0/s1. The molecule has 2 amide bonds. The molecule has 8 nitrogen and oxygen atoms in total. The van der Waals surface area contributed by atoms with Crippen LogP contribution in [0.3, 0.4) is 0 Å². The van der Waals surface area contributed by atoms with Crippen molar-refractivity contribution in [3.63, 3.8) is 0 Å².